The Hall–Kier alpha value is -7.86. The summed E-state index contributed by atoms with van der Waals surface area (Å²) in [7, 11) is 4.75. The summed E-state index contributed by atoms with van der Waals surface area (Å²) in [5.74, 6) is -5.66. The molecule has 0 aliphatic carbocycles. The number of piperidine rings is 3. The minimum absolute atomic E-state index is 0.0277. The standard InChI is InChI=1S/3C17H22N6O/c3*1-11-5-6-23(15(24)8-18-3)9-14(11)22(4)17-13-7-12(2)21-16(13)19-10-20-17/h3*7,10-11,14H,5-6,8-9H2,1-2,4H3,(H,19,20,21)/t3*11-,14+/m111/s1/i1D3,7D,8D2,10D,11D;7D,8D2,10D,14D;7D,8D2,10D,11D. The number of fused-ring (bicyclic) bond motifs is 3. The van der Waals surface area contributed by atoms with Crippen LogP contribution in [0.2, 0.25) is 0 Å². The SMILES string of the molecule is [2H]c1nc(N(C)[C@@]2([2H])CN(C(=O)C([2H])([2H])[N+]#[C-])CC[C@H]2C)c2c([2H])c(C)[nH]c2n1.[2H]c1nc(N(C)[C@H]2CN(C(=O)C([2H])([2H])[N+]#[C-])CC[C@@]2([2H])C([2H])([2H])[2H])c2c([2H])c(C)[nH]c2n1.[2H]c1nc(N(C)[C@H]2CN(C(=O)C([2H])([2H])[N+]#[C-])CC[C@@]2([2H])C)c2c([2H])c(C)[nH]c2n1. The molecule has 72 heavy (non-hydrogen) atoms. The number of carbonyl (C=O) groups excluding carboxylic acids is 3. The first-order valence-electron chi connectivity index (χ1n) is 31.7. The van der Waals surface area contributed by atoms with Crippen molar-refractivity contribution in [2.24, 2.45) is 17.7 Å². The van der Waals surface area contributed by atoms with E-state index in [4.69, 9.17) is 44.4 Å². The minimum Gasteiger partial charge on any atom is -0.354 e. The van der Waals surface area contributed by atoms with Gasteiger partial charge < -0.3 is 58.9 Å². The lowest BCUT2D eigenvalue weighted by molar-refractivity contribution is -0.131. The highest BCUT2D eigenvalue weighted by Crippen LogP contribution is 2.32. The topological polar surface area (TPSA) is 208 Å². The average Bonchev–Trinajstić information content (AvgIpc) is 1.77. The molecule has 3 aliphatic heterocycles. The van der Waals surface area contributed by atoms with E-state index < -0.39 is 74.0 Å². The number of nitrogens with zero attached hydrogens (tertiary/aromatic N) is 15. The lowest BCUT2D eigenvalue weighted by Gasteiger charge is -2.41. The van der Waals surface area contributed by atoms with Crippen LogP contribution < -0.4 is 14.7 Å². The van der Waals surface area contributed by atoms with Crippen LogP contribution in [0.15, 0.2) is 37.0 Å². The number of H-pyrrole nitrogens is 3. The van der Waals surface area contributed by atoms with Gasteiger partial charge in [-0.05, 0) is 75.9 Å². The van der Waals surface area contributed by atoms with Crippen LogP contribution in [0.25, 0.3) is 47.6 Å². The molecule has 21 nitrogen and oxygen atoms in total. The Labute approximate surface area is 446 Å². The number of likely N-dealkylation sites (tertiary alicyclic amines) is 3. The minimum atomic E-state index is -2.81. The van der Waals surface area contributed by atoms with Crippen molar-refractivity contribution in [1.29, 1.82) is 0 Å². The van der Waals surface area contributed by atoms with Crippen molar-refractivity contribution in [3.05, 3.63) is 88.4 Å². The maximum absolute atomic E-state index is 12.6. The molecular weight excluding hydrogens is 913 g/mol. The second-order valence-electron chi connectivity index (χ2n) is 17.5. The maximum atomic E-state index is 12.6. The normalized spacial score (nSPS) is 28.3. The molecule has 0 spiro atoms. The van der Waals surface area contributed by atoms with Crippen LogP contribution in [-0.2, 0) is 14.4 Å². The molecule has 3 saturated heterocycles. The molecule has 6 aromatic rings. The van der Waals surface area contributed by atoms with E-state index in [9.17, 15) is 14.4 Å². The Kier molecular flexibility index (Phi) is 10.5. The van der Waals surface area contributed by atoms with Crippen LogP contribution in [0.3, 0.4) is 0 Å². The number of carbonyl (C=O) groups is 3. The molecule has 6 atom stereocenters. The molecule has 21 heteroatoms. The first-order valence-corrected chi connectivity index (χ1v) is 22.7. The zero-order valence-electron chi connectivity index (χ0n) is 59.0. The van der Waals surface area contributed by atoms with Crippen LogP contribution in [0.1, 0.15) is 81.7 Å². The molecule has 0 saturated carbocycles. The van der Waals surface area contributed by atoms with Gasteiger partial charge in [-0.25, -0.2) is 49.6 Å². The molecule has 378 valence electrons. The molecular formula is C51H66N18O3. The number of rotatable bonds is 9. The maximum Gasteiger partial charge on any atom is 0.302 e. The van der Waals surface area contributed by atoms with Crippen molar-refractivity contribution in [3.63, 3.8) is 0 Å². The highest BCUT2D eigenvalue weighted by atomic mass is 16.2. The Bertz CT molecular complexity index is 3930. The fraction of sp³-hybridized carbons (Fsp3) is 0.529. The van der Waals surface area contributed by atoms with Gasteiger partial charge >= 0.3 is 17.7 Å². The van der Waals surface area contributed by atoms with Crippen LogP contribution in [0.4, 0.5) is 17.5 Å². The van der Waals surface area contributed by atoms with E-state index in [2.05, 4.69) is 59.4 Å². The Morgan fingerprint density at radius 3 is 1.39 bits per heavy atom. The second kappa shape index (κ2) is 22.9. The lowest BCUT2D eigenvalue weighted by Crippen LogP contribution is -2.53. The van der Waals surface area contributed by atoms with E-state index in [1.807, 2.05) is 6.92 Å². The van der Waals surface area contributed by atoms with Gasteiger partial charge in [-0.2, -0.15) is 0 Å². The van der Waals surface area contributed by atoms with Crippen molar-refractivity contribution >= 4 is 68.3 Å². The van der Waals surface area contributed by atoms with Gasteiger partial charge in [0.2, 0.25) is 0 Å². The molecule has 0 aromatic carbocycles. The van der Waals surface area contributed by atoms with Crippen molar-refractivity contribution in [2.45, 2.75) is 78.8 Å². The molecule has 3 aliphatic rings. The first kappa shape index (κ1) is 32.9. The van der Waals surface area contributed by atoms with Gasteiger partial charge in [0.15, 0.2) is 0 Å². The zero-order valence-corrected chi connectivity index (χ0v) is 41.0. The number of aromatic nitrogens is 9. The summed E-state index contributed by atoms with van der Waals surface area (Å²) in [5, 5.41) is 1.06. The van der Waals surface area contributed by atoms with Crippen molar-refractivity contribution in [2.75, 3.05) is 94.6 Å². The predicted molar refractivity (Wildman–Crippen MR) is 278 cm³/mol. The molecule has 3 amide bonds. The van der Waals surface area contributed by atoms with Gasteiger partial charge in [-0.1, -0.05) is 20.7 Å². The molecule has 9 heterocycles. The van der Waals surface area contributed by atoms with Gasteiger partial charge in [0, 0.05) is 84.3 Å². The third-order valence-corrected chi connectivity index (χ3v) is 12.8. The van der Waals surface area contributed by atoms with E-state index in [-0.39, 0.29) is 118 Å². The van der Waals surface area contributed by atoms with Crippen LogP contribution in [0, 0.1) is 58.2 Å². The summed E-state index contributed by atoms with van der Waals surface area (Å²) in [4.78, 5) is 87.0. The summed E-state index contributed by atoms with van der Waals surface area (Å²) in [6.07, 6.45) is -0.442. The predicted octanol–water partition coefficient (Wildman–Crippen LogP) is 5.58. The number of aromatic amines is 3. The number of hydrogen-bond acceptors (Lipinski definition) is 12. The lowest BCUT2D eigenvalue weighted by atomic mass is 9.92. The largest absolute Gasteiger partial charge is 0.354 e. The molecule has 0 unspecified atom stereocenters. The third-order valence-electron chi connectivity index (χ3n) is 12.8. The first-order chi connectivity index (χ1) is 41.4. The van der Waals surface area contributed by atoms with Gasteiger partial charge in [0.05, 0.1) is 39.7 Å². The highest BCUT2D eigenvalue weighted by Gasteiger charge is 2.36. The van der Waals surface area contributed by atoms with Crippen molar-refractivity contribution in [3.8, 4) is 0 Å². The second-order valence-corrected chi connectivity index (χ2v) is 17.5. The Balaban J connectivity index is 0.000000192. The number of amides is 3. The van der Waals surface area contributed by atoms with E-state index >= 15 is 0 Å². The van der Waals surface area contributed by atoms with E-state index in [0.717, 1.165) is 4.90 Å². The number of anilines is 3. The summed E-state index contributed by atoms with van der Waals surface area (Å²) in [5.41, 5.74) is 2.51. The van der Waals surface area contributed by atoms with Crippen molar-refractivity contribution in [1.82, 2.24) is 59.6 Å². The average molecular weight is 997 g/mol. The molecule has 6 aromatic heterocycles. The molecule has 3 N–H and O–H groups in total. The van der Waals surface area contributed by atoms with Gasteiger partial charge in [-0.15, -0.1) is 0 Å². The summed E-state index contributed by atoms with van der Waals surface area (Å²) >= 11 is 0. The van der Waals surface area contributed by atoms with E-state index in [1.54, 1.807) is 46.7 Å². The fourth-order valence-electron chi connectivity index (χ4n) is 8.87. The molecule has 0 radical (unpaired) electrons. The van der Waals surface area contributed by atoms with Crippen LogP contribution in [0.5, 0.6) is 0 Å². The van der Waals surface area contributed by atoms with Crippen molar-refractivity contribution < 1.29 is 39.1 Å². The summed E-state index contributed by atoms with van der Waals surface area (Å²) < 4.78 is 145. The summed E-state index contributed by atoms with van der Waals surface area (Å²) in [6, 6.07) is -2.75. The third kappa shape index (κ3) is 11.5. The summed E-state index contributed by atoms with van der Waals surface area (Å²) in [6.45, 7) is 18.4. The zero-order chi connectivity index (χ0) is 67.7. The van der Waals surface area contributed by atoms with Gasteiger partial charge in [0.1, 0.15) is 65.6 Å². The van der Waals surface area contributed by atoms with Crippen LogP contribution >= 0.6 is 0 Å². The smallest absolute Gasteiger partial charge is 0.302 e. The van der Waals surface area contributed by atoms with E-state index in [0.29, 0.717) is 51.4 Å². The Morgan fingerprint density at radius 1 is 0.625 bits per heavy atom. The number of nitrogens with one attached hydrogen (secondary N) is 3. The van der Waals surface area contributed by atoms with Gasteiger partial charge in [0.25, 0.3) is 19.5 Å². The number of aryl methyl sites for hydroxylation is 3. The fourth-order valence-corrected chi connectivity index (χ4v) is 8.87. The number of hydrogen-bond donors (Lipinski definition) is 3. The quantitative estimate of drug-likeness (QED) is 0.152. The highest BCUT2D eigenvalue weighted by molar-refractivity contribution is 5.90. The van der Waals surface area contributed by atoms with E-state index in [1.165, 1.54) is 26.6 Å². The van der Waals surface area contributed by atoms with Gasteiger partial charge in [-0.3, -0.25) is 14.4 Å². The molecule has 9 rings (SSSR count). The molecule has 0 bridgehead atoms. The van der Waals surface area contributed by atoms with Crippen LogP contribution in [-0.4, -0.2) is 175 Å². The Morgan fingerprint density at radius 2 is 0.986 bits per heavy atom. The molecule has 3 fully saturated rings. The number of likely N-dealkylation sites (N-methyl/N-ethyl adjacent to an activating group) is 3. The monoisotopic (exact) mass is 997 g/mol.